The molecule has 4 unspecified atom stereocenters. The van der Waals surface area contributed by atoms with Crippen molar-refractivity contribution in [3.05, 3.63) is 0 Å². The molecule has 0 aromatic heterocycles. The molecule has 6 N–H and O–H groups in total. The van der Waals surface area contributed by atoms with Crippen molar-refractivity contribution in [2.24, 2.45) is 11.8 Å². The van der Waals surface area contributed by atoms with Crippen molar-refractivity contribution >= 4 is 29.9 Å². The molecule has 0 spiro atoms. The highest BCUT2D eigenvalue weighted by Crippen LogP contribution is 2.08. The minimum Gasteiger partial charge on any atom is -0.352 e. The number of carbonyl (C=O) groups excluding carboxylic acids is 5. The first-order valence-electron chi connectivity index (χ1n) is 11.9. The molecule has 0 bridgehead atoms. The predicted molar refractivity (Wildman–Crippen MR) is 131 cm³/mol. The average Bonchev–Trinajstić information content (AvgIpc) is 2.76. The van der Waals surface area contributed by atoms with Crippen LogP contribution in [-0.4, -0.2) is 81.3 Å². The quantitative estimate of drug-likeness (QED) is 0.115. The van der Waals surface area contributed by atoms with Crippen LogP contribution in [0.3, 0.4) is 0 Å². The summed E-state index contributed by atoms with van der Waals surface area (Å²) in [5.74, 6) is -2.62. The lowest BCUT2D eigenvalue weighted by Crippen LogP contribution is -2.57. The number of likely N-dealkylation sites (N-methyl/N-ethyl adjacent to an activating group) is 1. The smallest absolute Gasteiger partial charge is 0.243 e. The van der Waals surface area contributed by atoms with E-state index in [1.54, 1.807) is 7.05 Å². The Hall–Kier alpha value is -2.53. The van der Waals surface area contributed by atoms with Crippen molar-refractivity contribution < 1.29 is 24.0 Å². The van der Waals surface area contributed by atoms with Crippen LogP contribution < -0.4 is 31.9 Å². The van der Waals surface area contributed by atoms with E-state index in [0.29, 0.717) is 19.1 Å². The Morgan fingerprint density at radius 1 is 0.824 bits per heavy atom. The Kier molecular flexibility index (Phi) is 15.7. The minimum absolute atomic E-state index is 0.105. The molecule has 196 valence electrons. The van der Waals surface area contributed by atoms with Crippen LogP contribution in [0.25, 0.3) is 0 Å². The predicted octanol–water partition coefficient (Wildman–Crippen LogP) is -0.934. The van der Waals surface area contributed by atoms with Crippen molar-refractivity contribution in [1.82, 2.24) is 31.9 Å². The van der Waals surface area contributed by atoms with Gasteiger partial charge in [-0.2, -0.15) is 0 Å². The van der Waals surface area contributed by atoms with Gasteiger partial charge >= 0.3 is 0 Å². The highest BCUT2D eigenvalue weighted by Gasteiger charge is 2.31. The van der Waals surface area contributed by atoms with Gasteiger partial charge in [0.1, 0.15) is 18.4 Å². The number of carbonyl (C=O) groups is 5. The van der Waals surface area contributed by atoms with E-state index in [9.17, 15) is 24.0 Å². The third-order valence-electron chi connectivity index (χ3n) is 5.12. The molecule has 0 saturated heterocycles. The number of amides is 4. The first-order valence-corrected chi connectivity index (χ1v) is 11.9. The zero-order chi connectivity index (χ0) is 26.3. The third-order valence-corrected chi connectivity index (χ3v) is 5.12. The second-order valence-corrected chi connectivity index (χ2v) is 9.20. The molecule has 0 rings (SSSR count). The maximum Gasteiger partial charge on any atom is 0.243 e. The van der Waals surface area contributed by atoms with E-state index in [-0.39, 0.29) is 30.3 Å². The third kappa shape index (κ3) is 12.6. The van der Waals surface area contributed by atoms with E-state index in [0.717, 1.165) is 13.0 Å². The Labute approximate surface area is 203 Å². The molecule has 11 heteroatoms. The summed E-state index contributed by atoms with van der Waals surface area (Å²) in [5.41, 5.74) is 0. The number of nitrogens with one attached hydrogen (secondary N) is 6. The standard InChI is InChI=1S/C23H44N6O5/c1-14(2)11-18(22(33)27-15(3)4)28-23(34)20(16(5)13-30)29-19(31)12-26-21(32)17(25-7)9-8-10-24-6/h13-18,20,24-25H,8-12H2,1-7H3,(H,26,32)(H,27,33)(H,28,34)(H,29,31). The van der Waals surface area contributed by atoms with Gasteiger partial charge in [-0.1, -0.05) is 20.8 Å². The summed E-state index contributed by atoms with van der Waals surface area (Å²) in [4.78, 5) is 61.7. The van der Waals surface area contributed by atoms with Gasteiger partial charge in [-0.25, -0.2) is 0 Å². The van der Waals surface area contributed by atoms with Crippen molar-refractivity contribution in [2.45, 2.75) is 78.0 Å². The topological polar surface area (TPSA) is 158 Å². The highest BCUT2D eigenvalue weighted by molar-refractivity contribution is 5.94. The van der Waals surface area contributed by atoms with E-state index >= 15 is 0 Å². The van der Waals surface area contributed by atoms with Gasteiger partial charge in [-0.15, -0.1) is 0 Å². The largest absolute Gasteiger partial charge is 0.352 e. The van der Waals surface area contributed by atoms with Crippen LogP contribution in [0.5, 0.6) is 0 Å². The van der Waals surface area contributed by atoms with Gasteiger partial charge in [0.2, 0.25) is 23.6 Å². The highest BCUT2D eigenvalue weighted by atomic mass is 16.2. The van der Waals surface area contributed by atoms with E-state index in [1.165, 1.54) is 6.92 Å². The molecule has 34 heavy (non-hydrogen) atoms. The van der Waals surface area contributed by atoms with Crippen LogP contribution in [0.2, 0.25) is 0 Å². The van der Waals surface area contributed by atoms with Crippen molar-refractivity contribution in [2.75, 3.05) is 27.2 Å². The molecule has 0 aromatic carbocycles. The monoisotopic (exact) mass is 484 g/mol. The summed E-state index contributed by atoms with van der Waals surface area (Å²) in [5, 5.41) is 16.4. The van der Waals surface area contributed by atoms with Crippen molar-refractivity contribution in [1.29, 1.82) is 0 Å². The molecule has 11 nitrogen and oxygen atoms in total. The van der Waals surface area contributed by atoms with Gasteiger partial charge in [0.15, 0.2) is 0 Å². The lowest BCUT2D eigenvalue weighted by Gasteiger charge is -2.26. The minimum atomic E-state index is -1.18. The molecule has 4 amide bonds. The first kappa shape index (κ1) is 31.5. The van der Waals surface area contributed by atoms with Crippen LogP contribution in [-0.2, 0) is 24.0 Å². The number of hydrogen-bond donors (Lipinski definition) is 6. The number of rotatable bonds is 17. The molecule has 0 heterocycles. The fourth-order valence-corrected chi connectivity index (χ4v) is 3.27. The van der Waals surface area contributed by atoms with Gasteiger partial charge in [0.05, 0.1) is 12.6 Å². The van der Waals surface area contributed by atoms with E-state index < -0.39 is 35.9 Å². The fraction of sp³-hybridized carbons (Fsp3) is 0.783. The Bertz CT molecular complexity index is 670. The molecule has 4 atom stereocenters. The fourth-order valence-electron chi connectivity index (χ4n) is 3.27. The van der Waals surface area contributed by atoms with Gasteiger partial charge < -0.3 is 36.7 Å². The lowest BCUT2D eigenvalue weighted by atomic mass is 9.99. The SMILES string of the molecule is CNCCCC(NC)C(=O)NCC(=O)NC(C(=O)NC(CC(C)C)C(=O)NC(C)C)C(C)C=O. The Morgan fingerprint density at radius 3 is 1.97 bits per heavy atom. The maximum atomic E-state index is 12.9. The van der Waals surface area contributed by atoms with Crippen LogP contribution in [0.1, 0.15) is 53.9 Å². The van der Waals surface area contributed by atoms with Crippen LogP contribution >= 0.6 is 0 Å². The molecule has 0 aromatic rings. The van der Waals surface area contributed by atoms with E-state index in [1.807, 2.05) is 34.7 Å². The van der Waals surface area contributed by atoms with Gasteiger partial charge in [0, 0.05) is 12.0 Å². The van der Waals surface area contributed by atoms with Crippen LogP contribution in [0.15, 0.2) is 0 Å². The summed E-state index contributed by atoms with van der Waals surface area (Å²) in [6.45, 7) is 9.40. The number of hydrogen-bond acceptors (Lipinski definition) is 7. The maximum absolute atomic E-state index is 12.9. The van der Waals surface area contributed by atoms with E-state index in [4.69, 9.17) is 0 Å². The Balaban J connectivity index is 5.14. The summed E-state index contributed by atoms with van der Waals surface area (Å²) in [7, 11) is 3.49. The van der Waals surface area contributed by atoms with Crippen molar-refractivity contribution in [3.8, 4) is 0 Å². The normalized spacial score (nSPS) is 14.6. The van der Waals surface area contributed by atoms with Crippen LogP contribution in [0.4, 0.5) is 0 Å². The van der Waals surface area contributed by atoms with Gasteiger partial charge in [-0.05, 0) is 59.7 Å². The molecule has 0 radical (unpaired) electrons. The summed E-state index contributed by atoms with van der Waals surface area (Å²) in [6.07, 6.45) is 2.33. The van der Waals surface area contributed by atoms with Gasteiger partial charge in [0.25, 0.3) is 0 Å². The summed E-state index contributed by atoms with van der Waals surface area (Å²) < 4.78 is 0. The Morgan fingerprint density at radius 2 is 1.47 bits per heavy atom. The molecule has 0 aliphatic heterocycles. The molecule has 0 aliphatic carbocycles. The molecular weight excluding hydrogens is 440 g/mol. The summed E-state index contributed by atoms with van der Waals surface area (Å²) >= 11 is 0. The molecule has 0 saturated carbocycles. The zero-order valence-electron chi connectivity index (χ0n) is 21.6. The zero-order valence-corrected chi connectivity index (χ0v) is 21.6. The van der Waals surface area contributed by atoms with Crippen molar-refractivity contribution in [3.63, 3.8) is 0 Å². The second-order valence-electron chi connectivity index (χ2n) is 9.20. The molecular formula is C23H44N6O5. The number of aldehydes is 1. The first-order chi connectivity index (χ1) is 16.0. The van der Waals surface area contributed by atoms with Gasteiger partial charge in [-0.3, -0.25) is 19.2 Å². The molecule has 0 fully saturated rings. The van der Waals surface area contributed by atoms with E-state index in [2.05, 4.69) is 31.9 Å². The average molecular weight is 485 g/mol. The summed E-state index contributed by atoms with van der Waals surface area (Å²) in [6, 6.07) is -2.54. The van der Waals surface area contributed by atoms with Crippen LogP contribution in [0, 0.1) is 11.8 Å². The molecule has 0 aliphatic rings. The lowest BCUT2D eigenvalue weighted by molar-refractivity contribution is -0.134. The second kappa shape index (κ2) is 17.0.